The highest BCUT2D eigenvalue weighted by molar-refractivity contribution is 7.84. The van der Waals surface area contributed by atoms with Gasteiger partial charge in [-0.25, -0.2) is 0 Å². The third-order valence-electron chi connectivity index (χ3n) is 4.95. The van der Waals surface area contributed by atoms with Gasteiger partial charge in [-0.2, -0.15) is 0 Å². The number of hydrogen-bond donors (Lipinski definition) is 0. The van der Waals surface area contributed by atoms with Gasteiger partial charge in [0, 0.05) is 22.6 Å². The van der Waals surface area contributed by atoms with Crippen molar-refractivity contribution in [2.45, 2.75) is 102 Å². The normalized spacial score (nSPS) is 14.6. The Kier molecular flexibility index (Phi) is 11.0. The Bertz CT molecular complexity index is 490. The minimum absolute atomic E-state index is 0.142. The van der Waals surface area contributed by atoms with Gasteiger partial charge in [-0.15, -0.1) is 0 Å². The molecule has 2 atom stereocenters. The van der Waals surface area contributed by atoms with Gasteiger partial charge in [-0.3, -0.25) is 4.21 Å². The summed E-state index contributed by atoms with van der Waals surface area (Å²) in [7, 11) is -2.25. The molecular weight excluding hydrogens is 344 g/mol. The molecule has 1 rings (SSSR count). The second-order valence-electron chi connectivity index (χ2n) is 8.45. The monoisotopic (exact) mass is 384 g/mol. The lowest BCUT2D eigenvalue weighted by atomic mass is 10.0. The molecule has 0 saturated heterocycles. The third kappa shape index (κ3) is 9.23. The second kappa shape index (κ2) is 12.1. The molecule has 2 unspecified atom stereocenters. The Morgan fingerprint density at radius 3 is 1.92 bits per heavy atom. The van der Waals surface area contributed by atoms with Crippen molar-refractivity contribution in [1.82, 2.24) is 0 Å². The predicted molar refractivity (Wildman–Crippen MR) is 115 cm³/mol. The highest BCUT2D eigenvalue weighted by Crippen LogP contribution is 2.26. The third-order valence-corrected chi connectivity index (χ3v) is 8.00. The lowest BCUT2D eigenvalue weighted by Crippen LogP contribution is -2.36. The van der Waals surface area contributed by atoms with Crippen molar-refractivity contribution in [2.24, 2.45) is 0 Å². The van der Waals surface area contributed by atoms with Gasteiger partial charge in [0.2, 0.25) is 0 Å². The first kappa shape index (κ1) is 22.7. The molecule has 25 heavy (non-hydrogen) atoms. The van der Waals surface area contributed by atoms with Crippen LogP contribution in [0.1, 0.15) is 88.4 Å². The zero-order valence-electron chi connectivity index (χ0n) is 17.2. The van der Waals surface area contributed by atoms with Crippen LogP contribution in [0.2, 0.25) is 19.6 Å². The molecule has 4 heteroatoms. The number of unbranched alkanes of at least 4 members (excludes halogenated alkanes) is 9. The first-order valence-corrected chi connectivity index (χ1v) is 15.4. The summed E-state index contributed by atoms with van der Waals surface area (Å²) in [6.45, 7) is 9.13. The second-order valence-corrected chi connectivity index (χ2v) is 15.0. The van der Waals surface area contributed by atoms with Gasteiger partial charge in [0.15, 0.2) is 0 Å². The Labute approximate surface area is 159 Å². The molecule has 2 nitrogen and oxygen atoms in total. The molecule has 0 amide bonds. The Hall–Kier alpha value is -0.353. The number of furan rings is 1. The van der Waals surface area contributed by atoms with E-state index in [1.807, 2.05) is 12.5 Å². The molecule has 0 aliphatic rings. The zero-order chi connectivity index (χ0) is 18.7. The molecule has 1 heterocycles. The first-order chi connectivity index (χ1) is 11.9. The summed E-state index contributed by atoms with van der Waals surface area (Å²) in [5, 5.41) is 1.27. The quantitative estimate of drug-likeness (QED) is 0.269. The van der Waals surface area contributed by atoms with Crippen LogP contribution < -0.4 is 5.38 Å². The van der Waals surface area contributed by atoms with Gasteiger partial charge in [0.1, 0.15) is 8.07 Å². The molecule has 0 aliphatic carbocycles. The van der Waals surface area contributed by atoms with Gasteiger partial charge >= 0.3 is 0 Å². The van der Waals surface area contributed by atoms with E-state index >= 15 is 0 Å². The number of rotatable bonds is 14. The maximum atomic E-state index is 12.2. The van der Waals surface area contributed by atoms with E-state index in [9.17, 15) is 4.21 Å². The van der Waals surface area contributed by atoms with E-state index in [2.05, 4.69) is 32.6 Å². The Morgan fingerprint density at radius 2 is 1.48 bits per heavy atom. The van der Waals surface area contributed by atoms with Crippen LogP contribution in [-0.2, 0) is 10.8 Å². The maximum Gasteiger partial charge on any atom is 0.123 e. The molecular formula is C21H40O2SSi. The van der Waals surface area contributed by atoms with E-state index in [1.54, 1.807) is 0 Å². The Balaban J connectivity index is 2.26. The minimum atomic E-state index is -1.42. The lowest BCUT2D eigenvalue weighted by molar-refractivity contribution is 0.544. The summed E-state index contributed by atoms with van der Waals surface area (Å²) in [4.78, 5) is 0. The average Bonchev–Trinajstić information content (AvgIpc) is 3.02. The van der Waals surface area contributed by atoms with Gasteiger partial charge in [0.05, 0.1) is 16.9 Å². The summed E-state index contributed by atoms with van der Waals surface area (Å²) in [5.41, 5.74) is 1.15. The van der Waals surface area contributed by atoms with Crippen LogP contribution in [0.5, 0.6) is 0 Å². The molecule has 0 fully saturated rings. The topological polar surface area (TPSA) is 30.2 Å². The molecule has 1 aromatic heterocycles. The molecule has 1 aromatic rings. The molecule has 0 N–H and O–H groups in total. The van der Waals surface area contributed by atoms with E-state index in [0.29, 0.717) is 0 Å². The number of hydrogen-bond acceptors (Lipinski definition) is 2. The average molecular weight is 385 g/mol. The fourth-order valence-electron chi connectivity index (χ4n) is 3.25. The summed E-state index contributed by atoms with van der Waals surface area (Å²) in [6, 6.07) is 2.18. The van der Waals surface area contributed by atoms with Crippen LogP contribution in [-0.4, -0.2) is 18.5 Å². The molecule has 0 aliphatic heterocycles. The van der Waals surface area contributed by atoms with Gasteiger partial charge in [-0.05, 0) is 12.5 Å². The van der Waals surface area contributed by atoms with Gasteiger partial charge < -0.3 is 4.42 Å². The van der Waals surface area contributed by atoms with Crippen molar-refractivity contribution in [1.29, 1.82) is 0 Å². The van der Waals surface area contributed by atoms with Crippen molar-refractivity contribution >= 4 is 24.3 Å². The van der Waals surface area contributed by atoms with E-state index in [-0.39, 0.29) is 5.25 Å². The van der Waals surface area contributed by atoms with Crippen LogP contribution in [0.3, 0.4) is 0 Å². The highest BCUT2D eigenvalue weighted by atomic mass is 32.2. The van der Waals surface area contributed by atoms with Crippen molar-refractivity contribution in [3.63, 3.8) is 0 Å². The molecule has 0 radical (unpaired) electrons. The lowest BCUT2D eigenvalue weighted by Gasteiger charge is -2.13. The van der Waals surface area contributed by atoms with E-state index < -0.39 is 18.9 Å². The van der Waals surface area contributed by atoms with Crippen LogP contribution in [0.25, 0.3) is 0 Å². The molecule has 0 aromatic carbocycles. The fraction of sp³-hybridized carbons (Fsp3) is 0.810. The summed E-state index contributed by atoms with van der Waals surface area (Å²) >= 11 is 0. The molecule has 146 valence electrons. The molecule has 0 bridgehead atoms. The van der Waals surface area contributed by atoms with Gasteiger partial charge in [0.25, 0.3) is 0 Å². The minimum Gasteiger partial charge on any atom is -0.474 e. The van der Waals surface area contributed by atoms with Crippen LogP contribution in [0, 0.1) is 0 Å². The van der Waals surface area contributed by atoms with Crippen LogP contribution in [0.4, 0.5) is 0 Å². The fourth-order valence-corrected chi connectivity index (χ4v) is 5.27. The first-order valence-electron chi connectivity index (χ1n) is 10.3. The summed E-state index contributed by atoms with van der Waals surface area (Å²) in [6.07, 6.45) is 18.1. The summed E-state index contributed by atoms with van der Waals surface area (Å²) in [5.74, 6) is 0. The van der Waals surface area contributed by atoms with Crippen molar-refractivity contribution in [3.05, 3.63) is 17.9 Å². The van der Waals surface area contributed by atoms with E-state index in [1.165, 1.54) is 64.2 Å². The van der Waals surface area contributed by atoms with E-state index in [0.717, 1.165) is 17.4 Å². The van der Waals surface area contributed by atoms with Crippen LogP contribution in [0.15, 0.2) is 16.7 Å². The maximum absolute atomic E-state index is 12.2. The molecule has 0 saturated carbocycles. The smallest absolute Gasteiger partial charge is 0.123 e. The summed E-state index contributed by atoms with van der Waals surface area (Å²) < 4.78 is 18.0. The standard InChI is InChI=1S/C21H40O2SSi/c1-6-7-8-9-10-11-12-13-14-15-16-20(24(2)22)19-17-21(23-18-19)25(3,4)5/h17-18,20H,6-16H2,1-5H3. The zero-order valence-corrected chi connectivity index (χ0v) is 19.1. The largest absolute Gasteiger partial charge is 0.474 e. The van der Waals surface area contributed by atoms with Gasteiger partial charge in [-0.1, -0.05) is 90.8 Å². The van der Waals surface area contributed by atoms with Crippen molar-refractivity contribution < 1.29 is 8.63 Å². The predicted octanol–water partition coefficient (Wildman–Crippen LogP) is 6.56. The SMILES string of the molecule is CCCCCCCCCCCCC(c1coc([Si](C)(C)C)c1)S(C)=O. The van der Waals surface area contributed by atoms with Crippen molar-refractivity contribution in [2.75, 3.05) is 6.26 Å². The van der Waals surface area contributed by atoms with Crippen LogP contribution >= 0.6 is 0 Å². The highest BCUT2D eigenvalue weighted by Gasteiger charge is 2.24. The van der Waals surface area contributed by atoms with Crippen molar-refractivity contribution in [3.8, 4) is 0 Å². The Morgan fingerprint density at radius 1 is 0.960 bits per heavy atom. The van der Waals surface area contributed by atoms with E-state index in [4.69, 9.17) is 4.42 Å². The molecule has 0 spiro atoms.